The van der Waals surface area contributed by atoms with Crippen LogP contribution in [0.2, 0.25) is 18.6 Å². The van der Waals surface area contributed by atoms with E-state index in [1.165, 1.54) is 48.6 Å². The molecule has 0 aliphatic heterocycles. The molecule has 0 aromatic heterocycles. The average Bonchev–Trinajstić information content (AvgIpc) is 3.20. The van der Waals surface area contributed by atoms with E-state index >= 15 is 0 Å². The highest BCUT2D eigenvalue weighted by Gasteiger charge is 2.58. The minimum absolute atomic E-state index is 0.694. The van der Waals surface area contributed by atoms with Gasteiger partial charge in [-0.3, -0.25) is 0 Å². The average molecular weight is 536 g/mol. The van der Waals surface area contributed by atoms with E-state index in [4.69, 9.17) is 0 Å². The molecule has 0 saturated heterocycles. The number of benzene rings is 1. The van der Waals surface area contributed by atoms with Crippen LogP contribution in [0.1, 0.15) is 69.0 Å². The third-order valence-corrected chi connectivity index (χ3v) is 16.5. The van der Waals surface area contributed by atoms with Crippen LogP contribution in [0.25, 0.3) is 6.08 Å². The number of halogens is 2. The van der Waals surface area contributed by atoms with Gasteiger partial charge in [-0.15, -0.1) is 0 Å². The van der Waals surface area contributed by atoms with Crippen molar-refractivity contribution in [3.63, 3.8) is 0 Å². The molecule has 0 nitrogen and oxygen atoms in total. The van der Waals surface area contributed by atoms with Crippen LogP contribution in [-0.2, 0) is 0 Å². The van der Waals surface area contributed by atoms with Crippen molar-refractivity contribution in [1.29, 1.82) is 0 Å². The van der Waals surface area contributed by atoms with E-state index in [0.29, 0.717) is 5.54 Å². The Balaban J connectivity index is 1.50. The first kappa shape index (κ1) is 21.0. The molecule has 3 saturated carbocycles. The zero-order chi connectivity index (χ0) is 20.5. The normalized spacial score (nSPS) is 41.5. The van der Waals surface area contributed by atoms with Crippen LogP contribution < -0.4 is 0 Å². The summed E-state index contributed by atoms with van der Waals surface area (Å²) in [5.41, 5.74) is 6.35. The first-order chi connectivity index (χ1) is 13.8. The van der Waals surface area contributed by atoms with Crippen LogP contribution in [-0.4, -0.2) is 12.9 Å². The Morgan fingerprint density at radius 3 is 2.55 bits per heavy atom. The molecule has 0 radical (unpaired) electrons. The van der Waals surface area contributed by atoms with Gasteiger partial charge in [-0.1, -0.05) is 94.9 Å². The maximum absolute atomic E-state index is 4.29. The van der Waals surface area contributed by atoms with Gasteiger partial charge in [-0.25, -0.2) is 0 Å². The number of rotatable bonds is 2. The molecule has 4 aliphatic carbocycles. The summed E-state index contributed by atoms with van der Waals surface area (Å²) < 4.78 is 1.28. The molecule has 3 fully saturated rings. The number of fused-ring (bicyclic) bond motifs is 3. The van der Waals surface area contributed by atoms with Crippen molar-refractivity contribution in [2.45, 2.75) is 81.4 Å². The molecular formula is C26H36Br2Si. The SMILES string of the molecule is CC1=Cc2c(Br)cccc2C1[Si](C)(C)C1C(C)CC2C(Br)C3CCCCC3CC21. The van der Waals surface area contributed by atoms with Gasteiger partial charge in [0.1, 0.15) is 0 Å². The first-order valence-electron chi connectivity index (χ1n) is 11.9. The fourth-order valence-electron chi connectivity index (χ4n) is 8.72. The highest BCUT2D eigenvalue weighted by molar-refractivity contribution is 9.10. The van der Waals surface area contributed by atoms with Crippen LogP contribution >= 0.6 is 31.9 Å². The lowest BCUT2D eigenvalue weighted by Crippen LogP contribution is -2.48. The molecule has 3 heteroatoms. The molecule has 8 atom stereocenters. The Hall–Kier alpha value is 0.137. The van der Waals surface area contributed by atoms with Gasteiger partial charge in [0.05, 0.1) is 8.07 Å². The molecule has 0 bridgehead atoms. The fraction of sp³-hybridized carbons (Fsp3) is 0.692. The predicted octanol–water partition coefficient (Wildman–Crippen LogP) is 8.81. The van der Waals surface area contributed by atoms with Crippen LogP contribution in [0.3, 0.4) is 0 Å². The van der Waals surface area contributed by atoms with Crippen molar-refractivity contribution < 1.29 is 0 Å². The fourth-order valence-corrected chi connectivity index (χ4v) is 16.3. The summed E-state index contributed by atoms with van der Waals surface area (Å²) in [5.74, 6) is 4.73. The third kappa shape index (κ3) is 3.23. The van der Waals surface area contributed by atoms with Crippen molar-refractivity contribution >= 4 is 46.0 Å². The minimum atomic E-state index is -1.54. The van der Waals surface area contributed by atoms with E-state index in [2.05, 4.69) is 83.1 Å². The summed E-state index contributed by atoms with van der Waals surface area (Å²) in [6, 6.07) is 6.90. The summed E-state index contributed by atoms with van der Waals surface area (Å²) in [7, 11) is -1.54. The third-order valence-electron chi connectivity index (χ3n) is 9.46. The van der Waals surface area contributed by atoms with Crippen molar-refractivity contribution in [1.82, 2.24) is 0 Å². The van der Waals surface area contributed by atoms with Gasteiger partial charge in [-0.05, 0) is 78.5 Å². The molecule has 5 rings (SSSR count). The molecular weight excluding hydrogens is 500 g/mol. The lowest BCUT2D eigenvalue weighted by molar-refractivity contribution is 0.104. The van der Waals surface area contributed by atoms with Crippen molar-refractivity contribution in [3.8, 4) is 0 Å². The molecule has 8 unspecified atom stereocenters. The lowest BCUT2D eigenvalue weighted by Gasteiger charge is -2.50. The van der Waals surface area contributed by atoms with Gasteiger partial charge < -0.3 is 0 Å². The van der Waals surface area contributed by atoms with Gasteiger partial charge in [0.2, 0.25) is 0 Å². The second-order valence-corrected chi connectivity index (χ2v) is 18.1. The van der Waals surface area contributed by atoms with E-state index in [9.17, 15) is 0 Å². The van der Waals surface area contributed by atoms with Gasteiger partial charge >= 0.3 is 0 Å². The van der Waals surface area contributed by atoms with Crippen LogP contribution in [0.4, 0.5) is 0 Å². The zero-order valence-corrected chi connectivity index (χ0v) is 22.6. The molecule has 1 aromatic carbocycles. The van der Waals surface area contributed by atoms with E-state index in [1.54, 1.807) is 11.1 Å². The standard InChI is InChI=1S/C26H36Br2Si/c1-15-12-20-19(10-7-11-23(20)27)25(15)29(3,4)26-16(2)13-21-22(26)14-17-8-5-6-9-18(17)24(21)28/h7,10-12,16-18,21-22,24-26H,5-6,8-9,13-14H2,1-4H3. The first-order valence-corrected chi connectivity index (χ1v) is 16.8. The highest BCUT2D eigenvalue weighted by atomic mass is 79.9. The lowest BCUT2D eigenvalue weighted by atomic mass is 9.64. The van der Waals surface area contributed by atoms with E-state index in [-0.39, 0.29) is 0 Å². The number of allylic oxidation sites excluding steroid dienone is 1. The number of hydrogen-bond acceptors (Lipinski definition) is 0. The van der Waals surface area contributed by atoms with Gasteiger partial charge in [0.15, 0.2) is 0 Å². The smallest absolute Gasteiger partial charge is 0.0635 e. The van der Waals surface area contributed by atoms with Crippen LogP contribution in [0.5, 0.6) is 0 Å². The van der Waals surface area contributed by atoms with E-state index in [1.807, 2.05) is 0 Å². The molecule has 0 heterocycles. The Morgan fingerprint density at radius 1 is 1.00 bits per heavy atom. The quantitative estimate of drug-likeness (QED) is 0.262. The number of hydrogen-bond donors (Lipinski definition) is 0. The second kappa shape index (κ2) is 7.62. The maximum atomic E-state index is 4.29. The van der Waals surface area contributed by atoms with Crippen molar-refractivity contribution in [3.05, 3.63) is 39.4 Å². The molecule has 0 spiro atoms. The van der Waals surface area contributed by atoms with E-state index in [0.717, 1.165) is 40.0 Å². The van der Waals surface area contributed by atoms with Gasteiger partial charge in [-0.2, -0.15) is 0 Å². The maximum Gasteiger partial charge on any atom is 0.0635 e. The predicted molar refractivity (Wildman–Crippen MR) is 135 cm³/mol. The van der Waals surface area contributed by atoms with Crippen molar-refractivity contribution in [2.24, 2.45) is 29.6 Å². The van der Waals surface area contributed by atoms with Gasteiger partial charge in [0, 0.05) is 14.8 Å². The Labute approximate surface area is 195 Å². The highest BCUT2D eigenvalue weighted by Crippen LogP contribution is 2.64. The van der Waals surface area contributed by atoms with Crippen molar-refractivity contribution in [2.75, 3.05) is 0 Å². The van der Waals surface area contributed by atoms with Crippen LogP contribution in [0.15, 0.2) is 28.2 Å². The Morgan fingerprint density at radius 2 is 1.76 bits per heavy atom. The number of alkyl halides is 1. The van der Waals surface area contributed by atoms with E-state index < -0.39 is 8.07 Å². The van der Waals surface area contributed by atoms with Gasteiger partial charge in [0.25, 0.3) is 0 Å². The molecule has 0 amide bonds. The zero-order valence-electron chi connectivity index (χ0n) is 18.4. The summed E-state index contributed by atoms with van der Waals surface area (Å²) in [4.78, 5) is 0.783. The topological polar surface area (TPSA) is 0 Å². The largest absolute Gasteiger partial charge is 0.0884 e. The molecule has 0 N–H and O–H groups in total. The molecule has 158 valence electrons. The molecule has 4 aliphatic rings. The van der Waals surface area contributed by atoms with Crippen LogP contribution in [0, 0.1) is 29.6 Å². The Kier molecular flexibility index (Phi) is 5.52. The summed E-state index contributed by atoms with van der Waals surface area (Å²) >= 11 is 8.12. The minimum Gasteiger partial charge on any atom is -0.0884 e. The summed E-state index contributed by atoms with van der Waals surface area (Å²) in [6.07, 6.45) is 11.4. The molecule has 29 heavy (non-hydrogen) atoms. The Bertz CT molecular complexity index is 828. The monoisotopic (exact) mass is 534 g/mol. The summed E-state index contributed by atoms with van der Waals surface area (Å²) in [5, 5.41) is 0. The molecule has 1 aromatic rings. The second-order valence-electron chi connectivity index (χ2n) is 11.3. The summed E-state index contributed by atoms with van der Waals surface area (Å²) in [6.45, 7) is 10.5.